The van der Waals surface area contributed by atoms with Crippen molar-refractivity contribution in [2.24, 2.45) is 0 Å². The van der Waals surface area contributed by atoms with E-state index in [1.54, 1.807) is 19.3 Å². The molecule has 1 aromatic heterocycles. The van der Waals surface area contributed by atoms with Crippen LogP contribution >= 0.6 is 15.9 Å². The summed E-state index contributed by atoms with van der Waals surface area (Å²) in [5, 5.41) is 8.24. The summed E-state index contributed by atoms with van der Waals surface area (Å²) in [6, 6.07) is 1.83. The first-order valence-electron chi connectivity index (χ1n) is 4.67. The Morgan fingerprint density at radius 2 is 2.31 bits per heavy atom. The Labute approximate surface area is 105 Å². The van der Waals surface area contributed by atoms with Gasteiger partial charge in [-0.1, -0.05) is 6.92 Å². The summed E-state index contributed by atoms with van der Waals surface area (Å²) < 4.78 is 12.6. The molecule has 0 amide bonds. The number of carboxylic acids is 1. The first-order valence-corrected chi connectivity index (χ1v) is 6.85. The van der Waals surface area contributed by atoms with Crippen molar-refractivity contribution in [3.8, 4) is 0 Å². The molecule has 1 rings (SSSR count). The lowest BCUT2D eigenvalue weighted by Gasteiger charge is -2.08. The third-order valence-electron chi connectivity index (χ3n) is 1.98. The second-order valence-corrected chi connectivity index (χ2v) is 6.22. The van der Waals surface area contributed by atoms with E-state index in [1.807, 2.05) is 6.07 Å². The summed E-state index contributed by atoms with van der Waals surface area (Å²) in [6.07, 6.45) is 3.21. The van der Waals surface area contributed by atoms with E-state index in [0.29, 0.717) is 5.75 Å². The van der Waals surface area contributed by atoms with E-state index in [-0.39, 0.29) is 11.7 Å². The van der Waals surface area contributed by atoms with Gasteiger partial charge < -0.3 is 5.11 Å². The average Bonchev–Trinajstić information content (AvgIpc) is 2.16. The van der Waals surface area contributed by atoms with E-state index in [2.05, 4.69) is 20.9 Å². The van der Waals surface area contributed by atoms with Crippen molar-refractivity contribution in [3.63, 3.8) is 0 Å². The summed E-state index contributed by atoms with van der Waals surface area (Å²) >= 11 is 3.27. The van der Waals surface area contributed by atoms with E-state index >= 15 is 0 Å². The number of aromatic nitrogens is 1. The zero-order valence-corrected chi connectivity index (χ0v) is 11.1. The fourth-order valence-corrected chi connectivity index (χ4v) is 2.69. The lowest BCUT2D eigenvalue weighted by Crippen LogP contribution is -2.17. The molecule has 16 heavy (non-hydrogen) atoms. The zero-order chi connectivity index (χ0) is 12.1. The van der Waals surface area contributed by atoms with Crippen LogP contribution in [-0.4, -0.2) is 25.5 Å². The SMILES string of the molecule is CC(CC(=O)O)S(=O)Cc1cncc(Br)c1. The predicted molar refractivity (Wildman–Crippen MR) is 65.5 cm³/mol. The maximum atomic E-state index is 11.8. The highest BCUT2D eigenvalue weighted by Crippen LogP contribution is 2.13. The standard InChI is InChI=1S/C10H12BrNO3S/c1-7(2-10(13)14)16(15)6-8-3-9(11)5-12-4-8/h3-5,7H,2,6H2,1H3,(H,13,14). The van der Waals surface area contributed by atoms with Gasteiger partial charge in [-0.05, 0) is 27.6 Å². The number of hydrogen-bond acceptors (Lipinski definition) is 3. The number of halogens is 1. The van der Waals surface area contributed by atoms with E-state index in [4.69, 9.17) is 5.11 Å². The van der Waals surface area contributed by atoms with Gasteiger partial charge in [0.1, 0.15) is 0 Å². The largest absolute Gasteiger partial charge is 0.481 e. The van der Waals surface area contributed by atoms with Gasteiger partial charge in [0.05, 0.1) is 12.2 Å². The lowest BCUT2D eigenvalue weighted by atomic mass is 10.3. The van der Waals surface area contributed by atoms with Crippen molar-refractivity contribution < 1.29 is 14.1 Å². The number of carboxylic acid groups (broad SMARTS) is 1. The molecule has 0 aliphatic heterocycles. The molecule has 1 heterocycles. The van der Waals surface area contributed by atoms with Gasteiger partial charge >= 0.3 is 5.97 Å². The molecule has 1 aromatic rings. The second kappa shape index (κ2) is 6.10. The van der Waals surface area contributed by atoms with Crippen LogP contribution in [0.5, 0.6) is 0 Å². The van der Waals surface area contributed by atoms with Crippen molar-refractivity contribution in [3.05, 3.63) is 28.5 Å². The highest BCUT2D eigenvalue weighted by atomic mass is 79.9. The molecule has 0 bridgehead atoms. The molecule has 0 radical (unpaired) electrons. The Balaban J connectivity index is 2.60. The molecule has 0 spiro atoms. The van der Waals surface area contributed by atoms with Crippen molar-refractivity contribution in [2.45, 2.75) is 24.3 Å². The van der Waals surface area contributed by atoms with Crippen molar-refractivity contribution in [1.29, 1.82) is 0 Å². The first kappa shape index (κ1) is 13.3. The smallest absolute Gasteiger partial charge is 0.304 e. The molecular weight excluding hydrogens is 294 g/mol. The minimum atomic E-state index is -1.19. The number of carbonyl (C=O) groups is 1. The van der Waals surface area contributed by atoms with Crippen LogP contribution in [-0.2, 0) is 21.3 Å². The third-order valence-corrected chi connectivity index (χ3v) is 4.10. The van der Waals surface area contributed by atoms with Crippen LogP contribution in [0, 0.1) is 0 Å². The van der Waals surface area contributed by atoms with E-state index in [9.17, 15) is 9.00 Å². The number of nitrogens with zero attached hydrogens (tertiary/aromatic N) is 1. The van der Waals surface area contributed by atoms with E-state index < -0.39 is 16.8 Å². The molecule has 0 aliphatic rings. The van der Waals surface area contributed by atoms with Gasteiger partial charge in [-0.2, -0.15) is 0 Å². The number of rotatable bonds is 5. The number of hydrogen-bond donors (Lipinski definition) is 1. The van der Waals surface area contributed by atoms with Gasteiger partial charge in [0.25, 0.3) is 0 Å². The highest BCUT2D eigenvalue weighted by molar-refractivity contribution is 9.10. The van der Waals surface area contributed by atoms with Crippen LogP contribution in [0.15, 0.2) is 22.9 Å². The quantitative estimate of drug-likeness (QED) is 0.903. The molecule has 0 saturated carbocycles. The molecule has 0 aromatic carbocycles. The van der Waals surface area contributed by atoms with E-state index in [1.165, 1.54) is 0 Å². The summed E-state index contributed by atoms with van der Waals surface area (Å²) in [4.78, 5) is 14.4. The van der Waals surface area contributed by atoms with Crippen molar-refractivity contribution >= 4 is 32.7 Å². The maximum Gasteiger partial charge on any atom is 0.304 e. The van der Waals surface area contributed by atoms with Crippen LogP contribution in [0.2, 0.25) is 0 Å². The highest BCUT2D eigenvalue weighted by Gasteiger charge is 2.15. The predicted octanol–water partition coefficient (Wildman–Crippen LogP) is 1.96. The van der Waals surface area contributed by atoms with Crippen LogP contribution in [0.3, 0.4) is 0 Å². The van der Waals surface area contributed by atoms with Gasteiger partial charge in [-0.3, -0.25) is 14.0 Å². The molecule has 2 atom stereocenters. The van der Waals surface area contributed by atoms with Gasteiger partial charge in [0.15, 0.2) is 0 Å². The van der Waals surface area contributed by atoms with Crippen molar-refractivity contribution in [1.82, 2.24) is 4.98 Å². The summed E-state index contributed by atoms with van der Waals surface area (Å²) in [6.45, 7) is 1.68. The minimum absolute atomic E-state index is 0.0754. The normalized spacial score (nSPS) is 14.4. The monoisotopic (exact) mass is 305 g/mol. The van der Waals surface area contributed by atoms with Gasteiger partial charge in [-0.25, -0.2) is 0 Å². The van der Waals surface area contributed by atoms with Crippen LogP contribution < -0.4 is 0 Å². The first-order chi connectivity index (χ1) is 7.49. The van der Waals surface area contributed by atoms with Crippen molar-refractivity contribution in [2.75, 3.05) is 0 Å². The Bertz CT molecular complexity index is 411. The van der Waals surface area contributed by atoms with E-state index in [0.717, 1.165) is 10.0 Å². The Morgan fingerprint density at radius 3 is 2.88 bits per heavy atom. The molecule has 6 heteroatoms. The third kappa shape index (κ3) is 4.40. The molecule has 0 saturated heterocycles. The number of pyridine rings is 1. The molecule has 0 aliphatic carbocycles. The maximum absolute atomic E-state index is 11.8. The fraction of sp³-hybridized carbons (Fsp3) is 0.400. The average molecular weight is 306 g/mol. The summed E-state index contributed by atoms with van der Waals surface area (Å²) in [5.74, 6) is -0.589. The Hall–Kier alpha value is -0.750. The fourth-order valence-electron chi connectivity index (χ4n) is 1.18. The van der Waals surface area contributed by atoms with Crippen LogP contribution in [0.4, 0.5) is 0 Å². The number of aliphatic carboxylic acids is 1. The van der Waals surface area contributed by atoms with Crippen LogP contribution in [0.1, 0.15) is 18.9 Å². The summed E-state index contributed by atoms with van der Waals surface area (Å²) in [7, 11) is -1.19. The second-order valence-electron chi connectivity index (χ2n) is 3.44. The molecule has 2 unspecified atom stereocenters. The van der Waals surface area contributed by atoms with Gasteiger partial charge in [-0.15, -0.1) is 0 Å². The summed E-state index contributed by atoms with van der Waals surface area (Å²) in [5.41, 5.74) is 0.838. The zero-order valence-electron chi connectivity index (χ0n) is 8.72. The minimum Gasteiger partial charge on any atom is -0.481 e. The molecule has 1 N–H and O–H groups in total. The van der Waals surface area contributed by atoms with Gasteiger partial charge in [0.2, 0.25) is 0 Å². The van der Waals surface area contributed by atoms with Crippen LogP contribution in [0.25, 0.3) is 0 Å². The molecule has 4 nitrogen and oxygen atoms in total. The van der Waals surface area contributed by atoms with Gasteiger partial charge in [0, 0.05) is 32.9 Å². The molecular formula is C10H12BrNO3S. The molecule has 0 fully saturated rings. The lowest BCUT2D eigenvalue weighted by molar-refractivity contribution is -0.136. The molecule has 88 valence electrons. The topological polar surface area (TPSA) is 67.3 Å². The Kier molecular flexibility index (Phi) is 5.08. The Morgan fingerprint density at radius 1 is 1.62 bits per heavy atom.